The molecule has 1 aromatic carbocycles. The molecule has 1 fully saturated rings. The molecule has 0 aromatic heterocycles. The van der Waals surface area contributed by atoms with Gasteiger partial charge in [-0.1, -0.05) is 28.8 Å². The third kappa shape index (κ3) is 3.75. The van der Waals surface area contributed by atoms with Crippen molar-refractivity contribution in [1.82, 2.24) is 5.32 Å². The zero-order valence-electron chi connectivity index (χ0n) is 10.7. The first-order valence-electron chi connectivity index (χ1n) is 6.51. The van der Waals surface area contributed by atoms with Gasteiger partial charge in [0.05, 0.1) is 5.92 Å². The van der Waals surface area contributed by atoms with Crippen LogP contribution in [-0.4, -0.2) is 18.1 Å². The molecule has 2 nitrogen and oxygen atoms in total. The second-order valence-electron chi connectivity index (χ2n) is 5.02. The molecule has 0 spiro atoms. The molecule has 1 aliphatic rings. The second-order valence-corrected chi connectivity index (χ2v) is 5.94. The smallest absolute Gasteiger partial charge is 0.349 e. The summed E-state index contributed by atoms with van der Waals surface area (Å²) in [5.41, 5.74) is 0.375. The highest BCUT2D eigenvalue weighted by molar-refractivity contribution is 9.10. The van der Waals surface area contributed by atoms with E-state index in [0.29, 0.717) is 18.4 Å². The fourth-order valence-electron chi connectivity index (χ4n) is 2.55. The molecule has 1 aromatic rings. The minimum absolute atomic E-state index is 0.0920. The van der Waals surface area contributed by atoms with Crippen LogP contribution in [0.25, 0.3) is 0 Å². The Bertz CT molecular complexity index is 472. The molecule has 2 atom stereocenters. The molecular weight excluding hydrogens is 335 g/mol. The van der Waals surface area contributed by atoms with Gasteiger partial charge in [-0.2, -0.15) is 13.2 Å². The fourth-order valence-corrected chi connectivity index (χ4v) is 2.81. The molecule has 20 heavy (non-hydrogen) atoms. The van der Waals surface area contributed by atoms with E-state index in [1.807, 2.05) is 0 Å². The number of hydrogen-bond donors (Lipinski definition) is 1. The van der Waals surface area contributed by atoms with Gasteiger partial charge in [0.25, 0.3) is 5.91 Å². The van der Waals surface area contributed by atoms with Crippen molar-refractivity contribution in [2.24, 2.45) is 5.92 Å². The van der Waals surface area contributed by atoms with Crippen molar-refractivity contribution in [3.63, 3.8) is 0 Å². The Hall–Kier alpha value is -1.04. The van der Waals surface area contributed by atoms with Gasteiger partial charge in [0, 0.05) is 16.1 Å². The van der Waals surface area contributed by atoms with Gasteiger partial charge in [0.15, 0.2) is 0 Å². The average molecular weight is 350 g/mol. The van der Waals surface area contributed by atoms with Crippen molar-refractivity contribution < 1.29 is 18.0 Å². The zero-order valence-corrected chi connectivity index (χ0v) is 12.3. The van der Waals surface area contributed by atoms with Crippen LogP contribution in [0.15, 0.2) is 28.7 Å². The first-order valence-corrected chi connectivity index (χ1v) is 7.30. The van der Waals surface area contributed by atoms with Crippen LogP contribution in [0.2, 0.25) is 0 Å². The molecule has 0 radical (unpaired) electrons. The van der Waals surface area contributed by atoms with Crippen LogP contribution in [0.5, 0.6) is 0 Å². The third-order valence-electron chi connectivity index (χ3n) is 3.61. The van der Waals surface area contributed by atoms with E-state index >= 15 is 0 Å². The summed E-state index contributed by atoms with van der Waals surface area (Å²) in [7, 11) is 0. The normalized spacial score (nSPS) is 23.4. The van der Waals surface area contributed by atoms with Crippen molar-refractivity contribution in [1.29, 1.82) is 0 Å². The van der Waals surface area contributed by atoms with Crippen LogP contribution in [0, 0.1) is 5.92 Å². The maximum absolute atomic E-state index is 12.9. The van der Waals surface area contributed by atoms with Crippen molar-refractivity contribution in [2.75, 3.05) is 0 Å². The molecule has 1 saturated carbocycles. The van der Waals surface area contributed by atoms with Gasteiger partial charge in [0.2, 0.25) is 0 Å². The number of hydrogen-bond acceptors (Lipinski definition) is 1. The lowest BCUT2D eigenvalue weighted by Crippen LogP contribution is -2.47. The summed E-state index contributed by atoms with van der Waals surface area (Å²) in [6.45, 7) is 0. The second kappa shape index (κ2) is 6.16. The summed E-state index contributed by atoms with van der Waals surface area (Å²) >= 11 is 3.25. The molecule has 2 unspecified atom stereocenters. The van der Waals surface area contributed by atoms with Crippen LogP contribution < -0.4 is 5.32 Å². The van der Waals surface area contributed by atoms with Crippen LogP contribution in [0.1, 0.15) is 36.0 Å². The average Bonchev–Trinajstić information content (AvgIpc) is 2.38. The summed E-state index contributed by atoms with van der Waals surface area (Å²) in [5.74, 6) is -1.88. The Morgan fingerprint density at radius 2 is 1.75 bits per heavy atom. The standard InChI is InChI=1S/C14H15BrF3NO/c15-10-7-5-9(6-8-10)13(20)19-12-4-2-1-3-11(12)14(16,17)18/h5-8,11-12H,1-4H2,(H,19,20). The Labute approximate surface area is 123 Å². The van der Waals surface area contributed by atoms with Crippen molar-refractivity contribution in [2.45, 2.75) is 37.9 Å². The van der Waals surface area contributed by atoms with E-state index in [2.05, 4.69) is 21.2 Å². The number of carbonyl (C=O) groups is 1. The quantitative estimate of drug-likeness (QED) is 0.847. The maximum atomic E-state index is 12.9. The van der Waals surface area contributed by atoms with E-state index in [1.54, 1.807) is 24.3 Å². The van der Waals surface area contributed by atoms with Gasteiger partial charge in [-0.15, -0.1) is 0 Å². The Morgan fingerprint density at radius 3 is 2.35 bits per heavy atom. The summed E-state index contributed by atoms with van der Waals surface area (Å²) in [6, 6.07) is 5.74. The van der Waals surface area contributed by atoms with Gasteiger partial charge in [0.1, 0.15) is 0 Å². The van der Waals surface area contributed by atoms with Gasteiger partial charge in [-0.05, 0) is 37.1 Å². The topological polar surface area (TPSA) is 29.1 Å². The van der Waals surface area contributed by atoms with E-state index in [0.717, 1.165) is 10.9 Å². The highest BCUT2D eigenvalue weighted by Gasteiger charge is 2.45. The summed E-state index contributed by atoms with van der Waals surface area (Å²) < 4.78 is 39.6. The van der Waals surface area contributed by atoms with E-state index in [9.17, 15) is 18.0 Å². The number of nitrogens with one attached hydrogen (secondary N) is 1. The first-order chi connectivity index (χ1) is 9.38. The molecule has 0 bridgehead atoms. The van der Waals surface area contributed by atoms with Crippen LogP contribution in [0.4, 0.5) is 13.2 Å². The van der Waals surface area contributed by atoms with Gasteiger partial charge >= 0.3 is 6.18 Å². The Morgan fingerprint density at radius 1 is 1.15 bits per heavy atom. The lowest BCUT2D eigenvalue weighted by Gasteiger charge is -2.33. The Kier molecular flexibility index (Phi) is 4.73. The number of alkyl halides is 3. The molecule has 0 heterocycles. The molecule has 0 saturated heterocycles. The molecule has 2 rings (SSSR count). The molecule has 1 aliphatic carbocycles. The van der Waals surface area contributed by atoms with Crippen molar-refractivity contribution >= 4 is 21.8 Å². The monoisotopic (exact) mass is 349 g/mol. The SMILES string of the molecule is O=C(NC1CCCCC1C(F)(F)F)c1ccc(Br)cc1. The highest BCUT2D eigenvalue weighted by Crippen LogP contribution is 2.37. The first kappa shape index (κ1) is 15.4. The largest absolute Gasteiger partial charge is 0.393 e. The van der Waals surface area contributed by atoms with E-state index in [-0.39, 0.29) is 6.42 Å². The molecule has 110 valence electrons. The van der Waals surface area contributed by atoms with Gasteiger partial charge in [-0.25, -0.2) is 0 Å². The number of rotatable bonds is 2. The summed E-state index contributed by atoms with van der Waals surface area (Å²) in [4.78, 5) is 12.0. The van der Waals surface area contributed by atoms with Crippen LogP contribution >= 0.6 is 15.9 Å². The third-order valence-corrected chi connectivity index (χ3v) is 4.14. The van der Waals surface area contributed by atoms with Crippen LogP contribution in [0.3, 0.4) is 0 Å². The van der Waals surface area contributed by atoms with E-state index in [4.69, 9.17) is 0 Å². The van der Waals surface area contributed by atoms with E-state index < -0.39 is 24.0 Å². The fraction of sp³-hybridized carbons (Fsp3) is 0.500. The molecule has 1 amide bonds. The van der Waals surface area contributed by atoms with Crippen LogP contribution in [-0.2, 0) is 0 Å². The van der Waals surface area contributed by atoms with Gasteiger partial charge < -0.3 is 5.32 Å². The molecule has 1 N–H and O–H groups in total. The minimum Gasteiger partial charge on any atom is -0.349 e. The predicted molar refractivity (Wildman–Crippen MR) is 73.4 cm³/mol. The summed E-state index contributed by atoms with van der Waals surface area (Å²) in [6.07, 6.45) is -2.49. The number of halogens is 4. The lowest BCUT2D eigenvalue weighted by molar-refractivity contribution is -0.187. The number of benzene rings is 1. The van der Waals surface area contributed by atoms with Crippen molar-refractivity contribution in [3.8, 4) is 0 Å². The predicted octanol–water partition coefficient (Wildman–Crippen LogP) is 4.30. The minimum atomic E-state index is -4.25. The summed E-state index contributed by atoms with van der Waals surface area (Å²) in [5, 5.41) is 2.54. The lowest BCUT2D eigenvalue weighted by atomic mass is 9.84. The zero-order chi connectivity index (χ0) is 14.8. The molecule has 6 heteroatoms. The maximum Gasteiger partial charge on any atom is 0.393 e. The van der Waals surface area contributed by atoms with Gasteiger partial charge in [-0.3, -0.25) is 4.79 Å². The molecule has 0 aliphatic heterocycles. The number of carbonyl (C=O) groups excluding carboxylic acids is 1. The van der Waals surface area contributed by atoms with Crippen molar-refractivity contribution in [3.05, 3.63) is 34.3 Å². The Balaban J connectivity index is 2.07. The number of amides is 1. The highest BCUT2D eigenvalue weighted by atomic mass is 79.9. The van der Waals surface area contributed by atoms with E-state index in [1.165, 1.54) is 0 Å². The molecular formula is C14H15BrF3NO.